The molecule has 2 N–H and O–H groups in total. The van der Waals surface area contributed by atoms with E-state index in [1.165, 1.54) is 0 Å². The number of halogens is 4. The van der Waals surface area contributed by atoms with E-state index >= 15 is 0 Å². The summed E-state index contributed by atoms with van der Waals surface area (Å²) in [5.74, 6) is -7.32. The molecule has 3 nitrogen and oxygen atoms in total. The average molecular weight is 344 g/mol. The van der Waals surface area contributed by atoms with Crippen LogP contribution in [0, 0.1) is 17.5 Å². The number of hydrogen-bond acceptors (Lipinski definition) is 2. The van der Waals surface area contributed by atoms with Crippen molar-refractivity contribution in [1.82, 2.24) is 5.32 Å². The second-order valence-corrected chi connectivity index (χ2v) is 5.91. The Labute approximate surface area is 135 Å². The first kappa shape index (κ1) is 17.1. The molecule has 0 aliphatic carbocycles. The number of phenols is 1. The highest BCUT2D eigenvalue weighted by molar-refractivity contribution is 6.30. The van der Waals surface area contributed by atoms with Crippen LogP contribution in [0.2, 0.25) is 5.02 Å². The van der Waals surface area contributed by atoms with Gasteiger partial charge in [-0.3, -0.25) is 4.79 Å². The number of amides is 1. The molecule has 2 rings (SSSR count). The molecule has 0 saturated carbocycles. The highest BCUT2D eigenvalue weighted by atomic mass is 35.5. The number of benzene rings is 2. The highest BCUT2D eigenvalue weighted by Crippen LogP contribution is 2.28. The Hall–Kier alpha value is -2.21. The van der Waals surface area contributed by atoms with Crippen molar-refractivity contribution in [3.63, 3.8) is 0 Å². The van der Waals surface area contributed by atoms with E-state index < -0.39 is 40.2 Å². The molecular formula is C16H13ClF3NO2. The van der Waals surface area contributed by atoms with Crippen molar-refractivity contribution < 1.29 is 23.1 Å². The van der Waals surface area contributed by atoms with E-state index in [1.807, 2.05) is 0 Å². The summed E-state index contributed by atoms with van der Waals surface area (Å²) < 4.78 is 40.2. The largest absolute Gasteiger partial charge is 0.503 e. The molecule has 1 amide bonds. The maximum atomic E-state index is 13.8. The summed E-state index contributed by atoms with van der Waals surface area (Å²) in [4.78, 5) is 12.2. The average Bonchev–Trinajstić information content (AvgIpc) is 2.48. The van der Waals surface area contributed by atoms with Crippen molar-refractivity contribution in [3.8, 4) is 5.75 Å². The van der Waals surface area contributed by atoms with Gasteiger partial charge in [0.05, 0.1) is 11.1 Å². The smallest absolute Gasteiger partial charge is 0.255 e. The molecule has 0 unspecified atom stereocenters. The lowest BCUT2D eigenvalue weighted by atomic mass is 9.94. The fourth-order valence-electron chi connectivity index (χ4n) is 2.06. The van der Waals surface area contributed by atoms with Crippen molar-refractivity contribution in [3.05, 3.63) is 63.9 Å². The number of aromatic hydroxyl groups is 1. The Balaban J connectivity index is 2.35. The molecule has 0 atom stereocenters. The third kappa shape index (κ3) is 3.42. The second kappa shape index (κ2) is 6.12. The molecule has 0 aliphatic rings. The lowest BCUT2D eigenvalue weighted by Crippen LogP contribution is -2.41. The number of carbonyl (C=O) groups excluding carboxylic acids is 1. The first-order valence-electron chi connectivity index (χ1n) is 6.58. The Morgan fingerprint density at radius 2 is 1.83 bits per heavy atom. The van der Waals surface area contributed by atoms with Crippen LogP contribution in [-0.4, -0.2) is 11.0 Å². The number of carbonyl (C=O) groups is 1. The number of nitrogens with one attached hydrogen (secondary N) is 1. The molecule has 0 saturated heterocycles. The Kier molecular flexibility index (Phi) is 4.56. The standard InChI is InChI=1S/C16H13ClF3NO2/c1-16(2,8-4-3-5-9(17)6-8)21-15(23)10-7-11(18)13(20)14(22)12(10)19/h3-7,22H,1-2H3,(H,21,23). The monoisotopic (exact) mass is 343 g/mol. The van der Waals surface area contributed by atoms with E-state index in [0.717, 1.165) is 0 Å². The van der Waals surface area contributed by atoms with E-state index in [2.05, 4.69) is 5.32 Å². The van der Waals surface area contributed by atoms with Crippen molar-refractivity contribution in [2.75, 3.05) is 0 Å². The van der Waals surface area contributed by atoms with Crippen LogP contribution < -0.4 is 5.32 Å². The van der Waals surface area contributed by atoms with E-state index in [4.69, 9.17) is 11.6 Å². The minimum absolute atomic E-state index is 0.397. The predicted molar refractivity (Wildman–Crippen MR) is 79.9 cm³/mol. The fourth-order valence-corrected chi connectivity index (χ4v) is 2.25. The van der Waals surface area contributed by atoms with Crippen LogP contribution in [0.1, 0.15) is 29.8 Å². The van der Waals surface area contributed by atoms with Gasteiger partial charge < -0.3 is 10.4 Å². The molecule has 0 aromatic heterocycles. The van der Waals surface area contributed by atoms with Gasteiger partial charge in [0.2, 0.25) is 5.82 Å². The van der Waals surface area contributed by atoms with Crippen LogP contribution in [0.15, 0.2) is 30.3 Å². The van der Waals surface area contributed by atoms with Crippen LogP contribution in [0.4, 0.5) is 13.2 Å². The molecule has 0 fully saturated rings. The van der Waals surface area contributed by atoms with Gasteiger partial charge in [-0.15, -0.1) is 0 Å². The van der Waals surface area contributed by atoms with Crippen LogP contribution in [0.25, 0.3) is 0 Å². The Morgan fingerprint density at radius 3 is 2.43 bits per heavy atom. The summed E-state index contributed by atoms with van der Waals surface area (Å²) in [5.41, 5.74) is -1.13. The normalized spacial score (nSPS) is 11.4. The molecule has 0 spiro atoms. The molecule has 2 aromatic carbocycles. The third-order valence-corrected chi connectivity index (χ3v) is 3.59. The predicted octanol–water partition coefficient (Wildman–Crippen LogP) is 4.13. The number of rotatable bonds is 3. The van der Waals surface area contributed by atoms with Gasteiger partial charge in [-0.25, -0.2) is 8.78 Å². The van der Waals surface area contributed by atoms with Crippen LogP contribution in [0.3, 0.4) is 0 Å². The topological polar surface area (TPSA) is 49.3 Å². The molecule has 0 heterocycles. The maximum Gasteiger partial charge on any atom is 0.255 e. The second-order valence-electron chi connectivity index (χ2n) is 5.47. The quantitative estimate of drug-likeness (QED) is 0.823. The lowest BCUT2D eigenvalue weighted by molar-refractivity contribution is 0.0906. The van der Waals surface area contributed by atoms with Gasteiger partial charge in [-0.2, -0.15) is 4.39 Å². The molecule has 23 heavy (non-hydrogen) atoms. The maximum absolute atomic E-state index is 13.8. The first-order valence-corrected chi connectivity index (χ1v) is 6.96. The van der Waals surface area contributed by atoms with Crippen molar-refractivity contribution in [2.24, 2.45) is 0 Å². The van der Waals surface area contributed by atoms with Crippen LogP contribution in [0.5, 0.6) is 5.75 Å². The van der Waals surface area contributed by atoms with Crippen molar-refractivity contribution in [1.29, 1.82) is 0 Å². The molecule has 0 aliphatic heterocycles. The number of phenolic OH excluding ortho intramolecular Hbond substituents is 1. The molecule has 122 valence electrons. The van der Waals surface area contributed by atoms with Crippen LogP contribution in [-0.2, 0) is 5.54 Å². The molecule has 0 bridgehead atoms. The summed E-state index contributed by atoms with van der Waals surface area (Å²) in [7, 11) is 0. The highest BCUT2D eigenvalue weighted by Gasteiger charge is 2.28. The molecule has 7 heteroatoms. The van der Waals surface area contributed by atoms with Crippen molar-refractivity contribution >= 4 is 17.5 Å². The first-order chi connectivity index (χ1) is 10.6. The van der Waals surface area contributed by atoms with Crippen molar-refractivity contribution in [2.45, 2.75) is 19.4 Å². The zero-order valence-corrected chi connectivity index (χ0v) is 13.0. The Bertz CT molecular complexity index is 778. The van der Waals surface area contributed by atoms with Gasteiger partial charge in [-0.05, 0) is 37.6 Å². The van der Waals surface area contributed by atoms with Gasteiger partial charge in [0, 0.05) is 5.02 Å². The minimum atomic E-state index is -1.74. The molecule has 0 radical (unpaired) electrons. The van der Waals surface area contributed by atoms with Gasteiger partial charge in [-0.1, -0.05) is 23.7 Å². The summed E-state index contributed by atoms with van der Waals surface area (Å²) in [6.45, 7) is 3.27. The van der Waals surface area contributed by atoms with Gasteiger partial charge >= 0.3 is 0 Å². The van der Waals surface area contributed by atoms with E-state index in [1.54, 1.807) is 38.1 Å². The Morgan fingerprint density at radius 1 is 1.17 bits per heavy atom. The SMILES string of the molecule is CC(C)(NC(=O)c1cc(F)c(F)c(O)c1F)c1cccc(Cl)c1. The lowest BCUT2D eigenvalue weighted by Gasteiger charge is -2.27. The van der Waals surface area contributed by atoms with E-state index in [-0.39, 0.29) is 0 Å². The van der Waals surface area contributed by atoms with Gasteiger partial charge in [0.15, 0.2) is 17.4 Å². The van der Waals surface area contributed by atoms with Gasteiger partial charge in [0.1, 0.15) is 0 Å². The summed E-state index contributed by atoms with van der Waals surface area (Å²) >= 11 is 5.89. The zero-order valence-electron chi connectivity index (χ0n) is 12.3. The molecular weight excluding hydrogens is 331 g/mol. The van der Waals surface area contributed by atoms with Crippen LogP contribution >= 0.6 is 11.6 Å². The zero-order chi connectivity index (χ0) is 17.4. The molecule has 2 aromatic rings. The van der Waals surface area contributed by atoms with E-state index in [0.29, 0.717) is 16.7 Å². The van der Waals surface area contributed by atoms with E-state index in [9.17, 15) is 23.1 Å². The third-order valence-electron chi connectivity index (χ3n) is 3.35. The number of hydrogen-bond donors (Lipinski definition) is 2. The summed E-state index contributed by atoms with van der Waals surface area (Å²) in [6, 6.07) is 7.03. The minimum Gasteiger partial charge on any atom is -0.503 e. The summed E-state index contributed by atoms with van der Waals surface area (Å²) in [6.07, 6.45) is 0. The summed E-state index contributed by atoms with van der Waals surface area (Å²) in [5, 5.41) is 12.1. The fraction of sp³-hybridized carbons (Fsp3) is 0.188. The van der Waals surface area contributed by atoms with Gasteiger partial charge in [0.25, 0.3) is 5.91 Å².